The highest BCUT2D eigenvalue weighted by Crippen LogP contribution is 2.06. The summed E-state index contributed by atoms with van der Waals surface area (Å²) in [6.07, 6.45) is 1.19. The number of rotatable bonds is 3. The van der Waals surface area contributed by atoms with E-state index in [0.717, 1.165) is 5.56 Å². The van der Waals surface area contributed by atoms with Gasteiger partial charge in [0.1, 0.15) is 5.69 Å². The number of nitrogens with one attached hydrogen (secondary N) is 3. The summed E-state index contributed by atoms with van der Waals surface area (Å²) in [5.74, 6) is -0.245. The van der Waals surface area contributed by atoms with Crippen LogP contribution in [0.1, 0.15) is 15.9 Å². The maximum absolute atomic E-state index is 11.8. The van der Waals surface area contributed by atoms with Crippen LogP contribution in [0.4, 0.5) is 11.5 Å². The van der Waals surface area contributed by atoms with E-state index in [0.29, 0.717) is 5.56 Å². The zero-order chi connectivity index (χ0) is 13.8. The standard InChI is InChI=1S/C12H13N5O2/c1-7-2-4-8(5-3-7)11(18)17-16-10-9(13)12(19)15-6-14-10/h2-6H,13H2,1H3,(H,17,18)(H2,14,15,16,19). The highest BCUT2D eigenvalue weighted by atomic mass is 16.2. The van der Waals surface area contributed by atoms with Crippen molar-refractivity contribution in [2.75, 3.05) is 11.2 Å². The van der Waals surface area contributed by atoms with Gasteiger partial charge in [-0.05, 0) is 19.1 Å². The third-order valence-electron chi connectivity index (χ3n) is 2.50. The predicted octanol–water partition coefficient (Wildman–Crippen LogP) is 0.417. The quantitative estimate of drug-likeness (QED) is 0.596. The first-order valence-electron chi connectivity index (χ1n) is 5.54. The molecule has 0 radical (unpaired) electrons. The summed E-state index contributed by atoms with van der Waals surface area (Å²) in [7, 11) is 0. The van der Waals surface area contributed by atoms with E-state index in [2.05, 4.69) is 20.8 Å². The Balaban J connectivity index is 2.06. The minimum Gasteiger partial charge on any atom is -0.391 e. The van der Waals surface area contributed by atoms with Gasteiger partial charge in [0.25, 0.3) is 11.5 Å². The fourth-order valence-electron chi connectivity index (χ4n) is 1.40. The minimum absolute atomic E-state index is 0.0910. The third-order valence-corrected chi connectivity index (χ3v) is 2.50. The van der Waals surface area contributed by atoms with Gasteiger partial charge in [-0.1, -0.05) is 17.7 Å². The van der Waals surface area contributed by atoms with Gasteiger partial charge in [0.05, 0.1) is 6.33 Å². The van der Waals surface area contributed by atoms with Gasteiger partial charge in [-0.25, -0.2) is 4.98 Å². The molecule has 0 fully saturated rings. The topological polar surface area (TPSA) is 113 Å². The van der Waals surface area contributed by atoms with Crippen molar-refractivity contribution in [3.05, 3.63) is 52.1 Å². The van der Waals surface area contributed by atoms with Crippen LogP contribution in [0.3, 0.4) is 0 Å². The molecule has 7 heteroatoms. The van der Waals surface area contributed by atoms with Crippen LogP contribution in [0.15, 0.2) is 35.4 Å². The summed E-state index contributed by atoms with van der Waals surface area (Å²) in [5.41, 5.74) is 11.4. The normalized spacial score (nSPS) is 9.95. The number of nitrogens with two attached hydrogens (primary N) is 1. The van der Waals surface area contributed by atoms with Gasteiger partial charge < -0.3 is 10.7 Å². The van der Waals surface area contributed by atoms with E-state index in [9.17, 15) is 9.59 Å². The van der Waals surface area contributed by atoms with Crippen molar-refractivity contribution in [3.8, 4) is 0 Å². The highest BCUT2D eigenvalue weighted by Gasteiger charge is 2.07. The number of anilines is 2. The monoisotopic (exact) mass is 259 g/mol. The van der Waals surface area contributed by atoms with Crippen LogP contribution in [0.2, 0.25) is 0 Å². The molecule has 1 heterocycles. The molecule has 5 N–H and O–H groups in total. The fraction of sp³-hybridized carbons (Fsp3) is 0.0833. The molecule has 1 amide bonds. The molecule has 0 unspecified atom stereocenters. The number of benzene rings is 1. The van der Waals surface area contributed by atoms with Crippen molar-refractivity contribution < 1.29 is 4.79 Å². The van der Waals surface area contributed by atoms with Crippen LogP contribution in [0.25, 0.3) is 0 Å². The lowest BCUT2D eigenvalue weighted by atomic mass is 10.1. The van der Waals surface area contributed by atoms with Crippen molar-refractivity contribution in [2.24, 2.45) is 0 Å². The second-order valence-corrected chi connectivity index (χ2v) is 3.94. The first-order valence-corrected chi connectivity index (χ1v) is 5.54. The average molecular weight is 259 g/mol. The lowest BCUT2D eigenvalue weighted by Crippen LogP contribution is -2.31. The van der Waals surface area contributed by atoms with Crippen LogP contribution < -0.4 is 22.1 Å². The number of nitrogen functional groups attached to an aromatic ring is 1. The fourth-order valence-corrected chi connectivity index (χ4v) is 1.40. The Morgan fingerprint density at radius 2 is 2.00 bits per heavy atom. The average Bonchev–Trinajstić information content (AvgIpc) is 2.41. The molecule has 1 aromatic heterocycles. The van der Waals surface area contributed by atoms with Gasteiger partial charge in [0.15, 0.2) is 5.82 Å². The van der Waals surface area contributed by atoms with Gasteiger partial charge in [-0.15, -0.1) is 0 Å². The van der Waals surface area contributed by atoms with E-state index in [4.69, 9.17) is 5.73 Å². The second kappa shape index (κ2) is 5.21. The Morgan fingerprint density at radius 1 is 1.32 bits per heavy atom. The molecular formula is C12H13N5O2. The zero-order valence-electron chi connectivity index (χ0n) is 10.2. The maximum Gasteiger partial charge on any atom is 0.276 e. The van der Waals surface area contributed by atoms with E-state index >= 15 is 0 Å². The summed E-state index contributed by atoms with van der Waals surface area (Å²) in [5, 5.41) is 0. The molecule has 2 aromatic rings. The molecule has 19 heavy (non-hydrogen) atoms. The lowest BCUT2D eigenvalue weighted by molar-refractivity contribution is 0.0962. The summed E-state index contributed by atoms with van der Waals surface area (Å²) in [6.45, 7) is 1.93. The molecular weight excluding hydrogens is 246 g/mol. The summed E-state index contributed by atoms with van der Waals surface area (Å²) in [4.78, 5) is 29.1. The number of hydrogen-bond donors (Lipinski definition) is 4. The van der Waals surface area contributed by atoms with Crippen molar-refractivity contribution in [3.63, 3.8) is 0 Å². The van der Waals surface area contributed by atoms with Gasteiger partial charge >= 0.3 is 0 Å². The van der Waals surface area contributed by atoms with Gasteiger partial charge in [0.2, 0.25) is 0 Å². The molecule has 0 spiro atoms. The van der Waals surface area contributed by atoms with Crippen molar-refractivity contribution in [1.82, 2.24) is 15.4 Å². The number of carbonyl (C=O) groups excluding carboxylic acids is 1. The number of nitrogens with zero attached hydrogens (tertiary/aromatic N) is 1. The van der Waals surface area contributed by atoms with Crippen molar-refractivity contribution in [1.29, 1.82) is 0 Å². The van der Waals surface area contributed by atoms with Crippen molar-refractivity contribution in [2.45, 2.75) is 6.92 Å². The van der Waals surface area contributed by atoms with E-state index in [-0.39, 0.29) is 17.4 Å². The Hall–Kier alpha value is -2.83. The number of hydrazine groups is 1. The van der Waals surface area contributed by atoms with E-state index in [1.54, 1.807) is 12.1 Å². The summed E-state index contributed by atoms with van der Waals surface area (Å²) >= 11 is 0. The smallest absolute Gasteiger partial charge is 0.276 e. The Bertz CT molecular complexity index is 648. The number of aryl methyl sites for hydroxylation is 1. The van der Waals surface area contributed by atoms with E-state index in [1.807, 2.05) is 19.1 Å². The Kier molecular flexibility index (Phi) is 3.46. The van der Waals surface area contributed by atoms with Crippen molar-refractivity contribution >= 4 is 17.4 Å². The number of H-pyrrole nitrogens is 1. The summed E-state index contributed by atoms with van der Waals surface area (Å²) in [6, 6.07) is 7.05. The lowest BCUT2D eigenvalue weighted by Gasteiger charge is -2.08. The molecule has 0 saturated heterocycles. The molecule has 7 nitrogen and oxygen atoms in total. The molecule has 1 aromatic carbocycles. The van der Waals surface area contributed by atoms with Gasteiger partial charge in [-0.2, -0.15) is 0 Å². The molecule has 2 rings (SSSR count). The minimum atomic E-state index is -0.470. The number of amides is 1. The molecule has 0 aliphatic rings. The largest absolute Gasteiger partial charge is 0.391 e. The molecule has 0 aliphatic carbocycles. The van der Waals surface area contributed by atoms with Crippen LogP contribution in [0, 0.1) is 6.92 Å². The highest BCUT2D eigenvalue weighted by molar-refractivity contribution is 5.95. The SMILES string of the molecule is Cc1ccc(C(=O)NNc2nc[nH]c(=O)c2N)cc1. The van der Waals surface area contributed by atoms with E-state index < -0.39 is 5.56 Å². The van der Waals surface area contributed by atoms with Crippen LogP contribution >= 0.6 is 0 Å². The predicted molar refractivity (Wildman–Crippen MR) is 71.5 cm³/mol. The number of hydrogen-bond acceptors (Lipinski definition) is 5. The van der Waals surface area contributed by atoms with Crippen LogP contribution in [0.5, 0.6) is 0 Å². The molecule has 0 saturated carbocycles. The molecule has 0 aliphatic heterocycles. The second-order valence-electron chi connectivity index (χ2n) is 3.94. The zero-order valence-corrected chi connectivity index (χ0v) is 10.2. The summed E-state index contributed by atoms with van der Waals surface area (Å²) < 4.78 is 0. The number of aromatic nitrogens is 2. The van der Waals surface area contributed by atoms with Gasteiger partial charge in [0, 0.05) is 5.56 Å². The first kappa shape index (κ1) is 12.6. The number of carbonyl (C=O) groups is 1. The first-order chi connectivity index (χ1) is 9.08. The number of aromatic amines is 1. The molecule has 0 bridgehead atoms. The molecule has 98 valence electrons. The Labute approximate surface area is 108 Å². The van der Waals surface area contributed by atoms with E-state index in [1.165, 1.54) is 6.33 Å². The van der Waals surface area contributed by atoms with Crippen LogP contribution in [-0.2, 0) is 0 Å². The maximum atomic E-state index is 11.8. The Morgan fingerprint density at radius 3 is 2.68 bits per heavy atom. The van der Waals surface area contributed by atoms with Gasteiger partial charge in [-0.3, -0.25) is 20.4 Å². The van der Waals surface area contributed by atoms with Crippen LogP contribution in [-0.4, -0.2) is 15.9 Å². The molecule has 0 atom stereocenters. The third kappa shape index (κ3) is 2.89.